The highest BCUT2D eigenvalue weighted by atomic mass is 79.9. The molecule has 0 aliphatic rings. The number of hydrogen-bond acceptors (Lipinski definition) is 7. The van der Waals surface area contributed by atoms with Crippen LogP contribution in [0.3, 0.4) is 0 Å². The number of amides is 1. The van der Waals surface area contributed by atoms with E-state index >= 15 is 0 Å². The number of halogens is 1. The summed E-state index contributed by atoms with van der Waals surface area (Å²) in [7, 11) is 1.51. The van der Waals surface area contributed by atoms with Crippen LogP contribution in [0.4, 0.5) is 0 Å². The van der Waals surface area contributed by atoms with Gasteiger partial charge in [-0.25, -0.2) is 9.59 Å². The third kappa shape index (κ3) is 5.68. The minimum absolute atomic E-state index is 0.120. The summed E-state index contributed by atoms with van der Waals surface area (Å²) in [5, 5.41) is 3.07. The van der Waals surface area contributed by atoms with Crippen molar-refractivity contribution in [3.8, 4) is 11.5 Å². The molecule has 0 saturated heterocycles. The Balaban J connectivity index is 1.67. The van der Waals surface area contributed by atoms with Crippen molar-refractivity contribution in [3.63, 3.8) is 0 Å². The summed E-state index contributed by atoms with van der Waals surface area (Å²) in [6, 6.07) is 13.0. The van der Waals surface area contributed by atoms with E-state index in [1.807, 2.05) is 6.07 Å². The number of esters is 1. The Morgan fingerprint density at radius 2 is 1.93 bits per heavy atom. The zero-order valence-corrected chi connectivity index (χ0v) is 17.6. The fraction of sp³-hybridized carbons (Fsp3) is 0.190. The molecule has 3 aromatic rings. The number of hydrogen-bond donors (Lipinski definition) is 1. The highest BCUT2D eigenvalue weighted by Gasteiger charge is 2.14. The molecule has 0 aliphatic carbocycles. The summed E-state index contributed by atoms with van der Waals surface area (Å²) in [6.07, 6.45) is 0. The van der Waals surface area contributed by atoms with Gasteiger partial charge in [-0.05, 0) is 36.4 Å². The summed E-state index contributed by atoms with van der Waals surface area (Å²) < 4.78 is 21.5. The van der Waals surface area contributed by atoms with Gasteiger partial charge in [0, 0.05) is 29.6 Å². The van der Waals surface area contributed by atoms with Gasteiger partial charge in [-0.1, -0.05) is 22.0 Å². The van der Waals surface area contributed by atoms with Crippen LogP contribution >= 0.6 is 15.9 Å². The minimum atomic E-state index is -0.793. The van der Waals surface area contributed by atoms with Crippen molar-refractivity contribution in [2.75, 3.05) is 26.9 Å². The van der Waals surface area contributed by atoms with Gasteiger partial charge >= 0.3 is 11.6 Å². The summed E-state index contributed by atoms with van der Waals surface area (Å²) in [5.74, 6) is -0.471. The van der Waals surface area contributed by atoms with E-state index < -0.39 is 17.5 Å². The van der Waals surface area contributed by atoms with E-state index in [1.54, 1.807) is 24.3 Å². The van der Waals surface area contributed by atoms with Gasteiger partial charge in [0.2, 0.25) is 0 Å². The second-order valence-corrected chi connectivity index (χ2v) is 7.03. The van der Waals surface area contributed by atoms with Gasteiger partial charge in [0.25, 0.3) is 5.91 Å². The lowest BCUT2D eigenvalue weighted by molar-refractivity contribution is -0.136. The van der Waals surface area contributed by atoms with Gasteiger partial charge in [-0.15, -0.1) is 0 Å². The molecule has 0 radical (unpaired) electrons. The molecule has 9 heteroatoms. The molecule has 8 nitrogen and oxygen atoms in total. The van der Waals surface area contributed by atoms with Crippen molar-refractivity contribution in [1.82, 2.24) is 5.32 Å². The van der Waals surface area contributed by atoms with Crippen molar-refractivity contribution in [1.29, 1.82) is 0 Å². The molecule has 1 heterocycles. The zero-order chi connectivity index (χ0) is 21.5. The van der Waals surface area contributed by atoms with E-state index in [2.05, 4.69) is 21.2 Å². The quantitative estimate of drug-likeness (QED) is 0.231. The zero-order valence-electron chi connectivity index (χ0n) is 16.0. The van der Waals surface area contributed by atoms with Crippen LogP contribution < -0.4 is 20.4 Å². The molecule has 0 saturated carbocycles. The summed E-state index contributed by atoms with van der Waals surface area (Å²) >= 11 is 3.32. The van der Waals surface area contributed by atoms with E-state index in [0.29, 0.717) is 17.7 Å². The van der Waals surface area contributed by atoms with E-state index in [1.165, 1.54) is 25.3 Å². The molecule has 3 rings (SSSR count). The van der Waals surface area contributed by atoms with Crippen LogP contribution in [0.1, 0.15) is 10.4 Å². The van der Waals surface area contributed by atoms with Gasteiger partial charge in [0.05, 0.1) is 6.61 Å². The first-order valence-corrected chi connectivity index (χ1v) is 9.69. The van der Waals surface area contributed by atoms with E-state index in [9.17, 15) is 14.4 Å². The topological polar surface area (TPSA) is 104 Å². The minimum Gasteiger partial charge on any atom is -0.482 e. The van der Waals surface area contributed by atoms with Gasteiger partial charge in [-0.3, -0.25) is 4.79 Å². The molecule has 2 aromatic carbocycles. The first kappa shape index (κ1) is 21.5. The maximum absolute atomic E-state index is 12.1. The van der Waals surface area contributed by atoms with Crippen molar-refractivity contribution >= 4 is 38.8 Å². The van der Waals surface area contributed by atoms with Crippen LogP contribution in [0.25, 0.3) is 11.0 Å². The van der Waals surface area contributed by atoms with Crippen LogP contribution in [0.5, 0.6) is 11.5 Å². The molecular weight excluding hydrogens is 458 g/mol. The largest absolute Gasteiger partial charge is 0.482 e. The predicted octanol–water partition coefficient (Wildman–Crippen LogP) is 2.92. The molecule has 1 amide bonds. The normalized spacial score (nSPS) is 10.6. The summed E-state index contributed by atoms with van der Waals surface area (Å²) in [5.41, 5.74) is -0.726. The number of benzene rings is 2. The molecule has 156 valence electrons. The maximum Gasteiger partial charge on any atom is 0.349 e. The van der Waals surface area contributed by atoms with E-state index in [0.717, 1.165) is 4.47 Å². The number of carbonyl (C=O) groups is 2. The molecule has 0 aliphatic heterocycles. The number of ether oxygens (including phenoxy) is 3. The Morgan fingerprint density at radius 3 is 2.70 bits per heavy atom. The number of fused-ring (bicyclic) bond motifs is 1. The number of nitrogens with one attached hydrogen (secondary N) is 1. The molecule has 0 unspecified atom stereocenters. The molecule has 30 heavy (non-hydrogen) atoms. The molecule has 0 spiro atoms. The molecule has 0 fully saturated rings. The molecule has 1 aromatic heterocycles. The lowest BCUT2D eigenvalue weighted by Crippen LogP contribution is -2.30. The Labute approximate surface area is 179 Å². The fourth-order valence-corrected chi connectivity index (χ4v) is 2.91. The third-order valence-electron chi connectivity index (χ3n) is 3.93. The van der Waals surface area contributed by atoms with Crippen molar-refractivity contribution in [3.05, 3.63) is 69.0 Å². The molecule has 0 atom stereocenters. The third-order valence-corrected chi connectivity index (χ3v) is 4.42. The SMILES string of the molecule is COCCNC(=O)c1cc2ccc(OC(=O)COc3cccc(Br)c3)cc2oc1=O. The maximum atomic E-state index is 12.1. The van der Waals surface area contributed by atoms with Crippen molar-refractivity contribution in [2.24, 2.45) is 0 Å². The van der Waals surface area contributed by atoms with E-state index in [4.69, 9.17) is 18.6 Å². The number of rotatable bonds is 8. The second-order valence-electron chi connectivity index (χ2n) is 6.12. The van der Waals surface area contributed by atoms with Crippen LogP contribution in [-0.4, -0.2) is 38.7 Å². The monoisotopic (exact) mass is 475 g/mol. The van der Waals surface area contributed by atoms with Crippen LogP contribution in [0.15, 0.2) is 62.2 Å². The van der Waals surface area contributed by atoms with Crippen LogP contribution in [0.2, 0.25) is 0 Å². The van der Waals surface area contributed by atoms with Gasteiger partial charge in [0.15, 0.2) is 6.61 Å². The van der Waals surface area contributed by atoms with Gasteiger partial charge in [-0.2, -0.15) is 0 Å². The highest BCUT2D eigenvalue weighted by Crippen LogP contribution is 2.21. The van der Waals surface area contributed by atoms with E-state index in [-0.39, 0.29) is 30.0 Å². The molecular formula is C21H18BrNO7. The first-order valence-electron chi connectivity index (χ1n) is 8.90. The average molecular weight is 476 g/mol. The Bertz CT molecular complexity index is 1130. The number of carbonyl (C=O) groups excluding carboxylic acids is 2. The average Bonchev–Trinajstić information content (AvgIpc) is 2.72. The standard InChI is InChI=1S/C21H18BrNO7/c1-27-8-7-23-20(25)17-9-13-5-6-16(11-18(13)30-21(17)26)29-19(24)12-28-15-4-2-3-14(22)10-15/h2-6,9-11H,7-8,12H2,1H3,(H,23,25). The lowest BCUT2D eigenvalue weighted by atomic mass is 10.1. The lowest BCUT2D eigenvalue weighted by Gasteiger charge is -2.08. The smallest absolute Gasteiger partial charge is 0.349 e. The molecule has 1 N–H and O–H groups in total. The number of methoxy groups -OCH3 is 1. The van der Waals surface area contributed by atoms with Crippen LogP contribution in [-0.2, 0) is 9.53 Å². The van der Waals surface area contributed by atoms with Crippen LogP contribution in [0, 0.1) is 0 Å². The molecule has 0 bridgehead atoms. The summed E-state index contributed by atoms with van der Waals surface area (Å²) in [6.45, 7) is 0.299. The van der Waals surface area contributed by atoms with Gasteiger partial charge < -0.3 is 23.9 Å². The predicted molar refractivity (Wildman–Crippen MR) is 112 cm³/mol. The Hall–Kier alpha value is -3.17. The Morgan fingerprint density at radius 1 is 1.10 bits per heavy atom. The second kappa shape index (κ2) is 10.0. The highest BCUT2D eigenvalue weighted by molar-refractivity contribution is 9.10. The van der Waals surface area contributed by atoms with Gasteiger partial charge in [0.1, 0.15) is 22.6 Å². The van der Waals surface area contributed by atoms with Crippen molar-refractivity contribution < 1.29 is 28.2 Å². The first-order chi connectivity index (χ1) is 14.5. The van der Waals surface area contributed by atoms with Crippen molar-refractivity contribution in [2.45, 2.75) is 0 Å². The summed E-state index contributed by atoms with van der Waals surface area (Å²) in [4.78, 5) is 36.3. The fourth-order valence-electron chi connectivity index (χ4n) is 2.54. The Kier molecular flexibility index (Phi) is 7.21.